The fourth-order valence-electron chi connectivity index (χ4n) is 1.19. The van der Waals surface area contributed by atoms with Gasteiger partial charge in [-0.05, 0) is 6.07 Å². The van der Waals surface area contributed by atoms with Crippen LogP contribution in [0.1, 0.15) is 11.7 Å². The molecule has 0 saturated carbocycles. The molecular weight excluding hydrogens is 142 g/mol. The summed E-state index contributed by atoms with van der Waals surface area (Å²) in [7, 11) is 0. The second-order valence-corrected chi connectivity index (χ2v) is 2.48. The van der Waals surface area contributed by atoms with Gasteiger partial charge < -0.3 is 10.4 Å². The molecule has 2 rings (SSSR count). The topological polar surface area (TPSA) is 49.3 Å². The second-order valence-electron chi connectivity index (χ2n) is 2.48. The monoisotopic (exact) mass is 149 g/mol. The molecule has 11 heavy (non-hydrogen) atoms. The molecule has 0 fully saturated rings. The van der Waals surface area contributed by atoms with Crippen LogP contribution in [0.5, 0.6) is 0 Å². The van der Waals surface area contributed by atoms with E-state index in [1.54, 1.807) is 18.2 Å². The average molecular weight is 149 g/mol. The zero-order valence-corrected chi connectivity index (χ0v) is 5.74. The van der Waals surface area contributed by atoms with Gasteiger partial charge in [-0.1, -0.05) is 18.2 Å². The van der Waals surface area contributed by atoms with Crippen molar-refractivity contribution in [1.29, 1.82) is 0 Å². The number of amides is 1. The van der Waals surface area contributed by atoms with Crippen molar-refractivity contribution in [2.24, 2.45) is 0 Å². The van der Waals surface area contributed by atoms with Crippen molar-refractivity contribution in [2.45, 2.75) is 6.10 Å². The van der Waals surface area contributed by atoms with E-state index in [0.717, 1.165) is 0 Å². The highest BCUT2D eigenvalue weighted by Gasteiger charge is 2.27. The van der Waals surface area contributed by atoms with Crippen molar-refractivity contribution >= 4 is 11.6 Å². The van der Waals surface area contributed by atoms with Gasteiger partial charge in [-0.2, -0.15) is 0 Å². The highest BCUT2D eigenvalue weighted by atomic mass is 16.3. The van der Waals surface area contributed by atoms with Gasteiger partial charge in [0.15, 0.2) is 6.10 Å². The van der Waals surface area contributed by atoms with Gasteiger partial charge in [0.05, 0.1) is 0 Å². The summed E-state index contributed by atoms with van der Waals surface area (Å²) in [6.07, 6.45) is -0.980. The molecule has 2 N–H and O–H groups in total. The fourth-order valence-corrected chi connectivity index (χ4v) is 1.19. The summed E-state index contributed by atoms with van der Waals surface area (Å²) in [6, 6.07) is 7.11. The molecule has 0 spiro atoms. The number of rotatable bonds is 0. The van der Waals surface area contributed by atoms with Crippen molar-refractivity contribution in [3.05, 3.63) is 29.8 Å². The molecule has 0 bridgehead atoms. The average Bonchev–Trinajstić information content (AvgIpc) is 2.30. The summed E-state index contributed by atoms with van der Waals surface area (Å²) in [6.45, 7) is 0. The number of aliphatic hydroxyl groups is 1. The minimum atomic E-state index is -0.980. The molecule has 1 aliphatic heterocycles. The van der Waals surface area contributed by atoms with E-state index in [2.05, 4.69) is 5.32 Å². The van der Waals surface area contributed by atoms with Gasteiger partial charge in [0.1, 0.15) is 0 Å². The number of carbonyl (C=O) groups excluding carboxylic acids is 1. The summed E-state index contributed by atoms with van der Waals surface area (Å²) >= 11 is 0. The second kappa shape index (κ2) is 2.07. The Morgan fingerprint density at radius 3 is 2.82 bits per heavy atom. The lowest BCUT2D eigenvalue weighted by Crippen LogP contribution is -2.10. The van der Waals surface area contributed by atoms with E-state index in [4.69, 9.17) is 0 Å². The van der Waals surface area contributed by atoms with E-state index in [-0.39, 0.29) is 5.91 Å². The molecule has 1 aliphatic rings. The predicted octanol–water partition coefficient (Wildman–Crippen LogP) is 0.672. The van der Waals surface area contributed by atoms with Gasteiger partial charge in [-0.3, -0.25) is 4.79 Å². The molecule has 0 unspecified atom stereocenters. The molecule has 56 valence electrons. The number of hydrogen-bond acceptors (Lipinski definition) is 2. The molecule has 0 saturated heterocycles. The molecule has 1 atom stereocenters. The maximum Gasteiger partial charge on any atom is 0.257 e. The van der Waals surface area contributed by atoms with Crippen LogP contribution in [-0.2, 0) is 4.79 Å². The highest BCUT2D eigenvalue weighted by molar-refractivity contribution is 6.01. The zero-order valence-electron chi connectivity index (χ0n) is 5.74. The van der Waals surface area contributed by atoms with Crippen molar-refractivity contribution < 1.29 is 9.90 Å². The normalized spacial score (nSPS) is 21.2. The van der Waals surface area contributed by atoms with Crippen LogP contribution in [0.25, 0.3) is 0 Å². The van der Waals surface area contributed by atoms with Crippen LogP contribution in [0, 0.1) is 0 Å². The van der Waals surface area contributed by atoms with Gasteiger partial charge in [-0.15, -0.1) is 0 Å². The van der Waals surface area contributed by atoms with Gasteiger partial charge in [0.25, 0.3) is 5.91 Å². The van der Waals surface area contributed by atoms with Crippen molar-refractivity contribution in [2.75, 3.05) is 5.32 Å². The molecular formula is C8H7NO2. The van der Waals surface area contributed by atoms with E-state index in [1.807, 2.05) is 6.07 Å². The summed E-state index contributed by atoms with van der Waals surface area (Å²) in [5, 5.41) is 11.8. The molecule has 0 aliphatic carbocycles. The Morgan fingerprint density at radius 2 is 2.09 bits per heavy atom. The first-order chi connectivity index (χ1) is 5.29. The standard InChI is InChI=1S/C8H7NO2/c10-7-5-3-1-2-4-6(5)9-8(7)11/h1-4,7,10H,(H,9,11)/t7-/m1/s1. The van der Waals surface area contributed by atoms with Gasteiger partial charge >= 0.3 is 0 Å². The van der Waals surface area contributed by atoms with Crippen LogP contribution in [0.2, 0.25) is 0 Å². The van der Waals surface area contributed by atoms with Crippen LogP contribution < -0.4 is 5.32 Å². The third-order valence-corrected chi connectivity index (χ3v) is 1.76. The largest absolute Gasteiger partial charge is 0.378 e. The Morgan fingerprint density at radius 1 is 1.36 bits per heavy atom. The molecule has 1 heterocycles. The number of carbonyl (C=O) groups is 1. The van der Waals surface area contributed by atoms with Crippen LogP contribution in [0.3, 0.4) is 0 Å². The minimum Gasteiger partial charge on any atom is -0.378 e. The zero-order chi connectivity index (χ0) is 7.84. The number of anilines is 1. The van der Waals surface area contributed by atoms with Gasteiger partial charge in [0, 0.05) is 11.3 Å². The smallest absolute Gasteiger partial charge is 0.257 e. The molecule has 0 radical (unpaired) electrons. The Hall–Kier alpha value is -1.35. The lowest BCUT2D eigenvalue weighted by atomic mass is 10.1. The summed E-state index contributed by atoms with van der Waals surface area (Å²) in [5.41, 5.74) is 1.38. The van der Waals surface area contributed by atoms with E-state index in [0.29, 0.717) is 11.3 Å². The van der Waals surface area contributed by atoms with Gasteiger partial charge in [-0.25, -0.2) is 0 Å². The summed E-state index contributed by atoms with van der Waals surface area (Å²) in [4.78, 5) is 10.9. The van der Waals surface area contributed by atoms with E-state index < -0.39 is 6.10 Å². The predicted molar refractivity (Wildman–Crippen MR) is 40.0 cm³/mol. The van der Waals surface area contributed by atoms with Gasteiger partial charge in [0.2, 0.25) is 0 Å². The van der Waals surface area contributed by atoms with E-state index in [9.17, 15) is 9.90 Å². The summed E-state index contributed by atoms with van der Waals surface area (Å²) < 4.78 is 0. The van der Waals surface area contributed by atoms with Crippen LogP contribution in [0.15, 0.2) is 24.3 Å². The number of hydrogen-bond donors (Lipinski definition) is 2. The Balaban J connectivity index is 2.55. The molecule has 0 aromatic heterocycles. The lowest BCUT2D eigenvalue weighted by molar-refractivity contribution is -0.123. The Kier molecular flexibility index (Phi) is 1.20. The van der Waals surface area contributed by atoms with Crippen LogP contribution in [0.4, 0.5) is 5.69 Å². The van der Waals surface area contributed by atoms with Crippen molar-refractivity contribution in [3.8, 4) is 0 Å². The molecule has 1 aromatic carbocycles. The Bertz CT molecular complexity index is 309. The van der Waals surface area contributed by atoms with Crippen molar-refractivity contribution in [3.63, 3.8) is 0 Å². The number of aliphatic hydroxyl groups excluding tert-OH is 1. The highest BCUT2D eigenvalue weighted by Crippen LogP contribution is 2.29. The summed E-state index contributed by atoms with van der Waals surface area (Å²) in [5.74, 6) is -0.341. The number of nitrogens with one attached hydrogen (secondary N) is 1. The molecule has 1 amide bonds. The third kappa shape index (κ3) is 0.816. The van der Waals surface area contributed by atoms with E-state index in [1.165, 1.54) is 0 Å². The van der Waals surface area contributed by atoms with E-state index >= 15 is 0 Å². The lowest BCUT2D eigenvalue weighted by Gasteiger charge is -1.96. The number of benzene rings is 1. The number of para-hydroxylation sites is 1. The SMILES string of the molecule is O=C1Nc2ccccc2[C@H]1O. The first kappa shape index (κ1) is 6.37. The number of fused-ring (bicyclic) bond motifs is 1. The third-order valence-electron chi connectivity index (χ3n) is 1.76. The Labute approximate surface area is 63.7 Å². The first-order valence-electron chi connectivity index (χ1n) is 3.37. The quantitative estimate of drug-likeness (QED) is 0.569. The maximum absolute atomic E-state index is 10.9. The molecule has 3 heteroatoms. The maximum atomic E-state index is 10.9. The van der Waals surface area contributed by atoms with Crippen molar-refractivity contribution in [1.82, 2.24) is 0 Å². The molecule has 3 nitrogen and oxygen atoms in total. The minimum absolute atomic E-state index is 0.341. The van der Waals surface area contributed by atoms with Crippen LogP contribution >= 0.6 is 0 Å². The van der Waals surface area contributed by atoms with Crippen LogP contribution in [-0.4, -0.2) is 11.0 Å². The fraction of sp³-hybridized carbons (Fsp3) is 0.125. The molecule has 1 aromatic rings. The first-order valence-corrected chi connectivity index (χ1v) is 3.37.